The monoisotopic (exact) mass is 194 g/mol. The largest absolute Gasteiger partial charge is 0.475 e. The van der Waals surface area contributed by atoms with Gasteiger partial charge in [-0.1, -0.05) is 0 Å². The van der Waals surface area contributed by atoms with E-state index in [0.717, 1.165) is 0 Å². The summed E-state index contributed by atoms with van der Waals surface area (Å²) in [5.41, 5.74) is 0. The molecule has 0 saturated heterocycles. The van der Waals surface area contributed by atoms with Crippen molar-refractivity contribution in [3.05, 3.63) is 24.4 Å². The Morgan fingerprint density at radius 2 is 2.00 bits per heavy atom. The molecule has 0 aliphatic heterocycles. The maximum absolute atomic E-state index is 10.1. The van der Waals surface area contributed by atoms with E-state index in [1.807, 2.05) is 0 Å². The lowest BCUT2D eigenvalue weighted by molar-refractivity contribution is -0.135. The minimum absolute atomic E-state index is 0.432. The molecule has 0 aromatic heterocycles. The first-order valence-corrected chi connectivity index (χ1v) is 4.33. The Kier molecular flexibility index (Phi) is 3.69. The summed E-state index contributed by atoms with van der Waals surface area (Å²) in [6.45, 7) is 2.95. The third-order valence-electron chi connectivity index (χ3n) is 0.704. The van der Waals surface area contributed by atoms with Gasteiger partial charge in [0.1, 0.15) is 0 Å². The van der Waals surface area contributed by atoms with Crippen LogP contribution in [0.3, 0.4) is 0 Å². The van der Waals surface area contributed by atoms with Gasteiger partial charge in [-0.05, 0) is 6.58 Å². The predicted molar refractivity (Wildman–Crippen MR) is 39.0 cm³/mol. The predicted octanol–water partition coefficient (Wildman–Crippen LogP) is 0.250. The lowest BCUT2D eigenvalue weighted by Gasteiger charge is -1.97. The Bertz CT molecular complexity index is 261. The highest BCUT2D eigenvalue weighted by Crippen LogP contribution is 2.35. The molecular weight excluding hydrogens is 187 g/mol. The first-order valence-electron chi connectivity index (χ1n) is 2.65. The number of carboxylic acid groups (broad SMARTS) is 1. The van der Waals surface area contributed by atoms with Gasteiger partial charge in [0.15, 0.2) is 0 Å². The molecule has 0 radical (unpaired) electrons. The minimum atomic E-state index is -4.29. The fourth-order valence-corrected chi connectivity index (χ4v) is 0.462. The molecule has 0 rings (SSSR count). The van der Waals surface area contributed by atoms with Crippen LogP contribution in [0.15, 0.2) is 24.4 Å². The van der Waals surface area contributed by atoms with Gasteiger partial charge < -0.3 is 19.6 Å². The van der Waals surface area contributed by atoms with Crippen LogP contribution in [0.2, 0.25) is 0 Å². The third kappa shape index (κ3) is 5.67. The van der Waals surface area contributed by atoms with Gasteiger partial charge in [0.2, 0.25) is 5.76 Å². The molecule has 12 heavy (non-hydrogen) atoms. The van der Waals surface area contributed by atoms with Crippen LogP contribution in [0.4, 0.5) is 0 Å². The number of carboxylic acids is 1. The van der Waals surface area contributed by atoms with Gasteiger partial charge in [-0.15, -0.1) is 0 Å². The van der Waals surface area contributed by atoms with Crippen molar-refractivity contribution >= 4 is 13.6 Å². The fourth-order valence-electron chi connectivity index (χ4n) is 0.242. The van der Waals surface area contributed by atoms with Crippen LogP contribution in [-0.2, 0) is 14.1 Å². The van der Waals surface area contributed by atoms with E-state index in [1.54, 1.807) is 0 Å². The van der Waals surface area contributed by atoms with E-state index in [1.165, 1.54) is 0 Å². The summed E-state index contributed by atoms with van der Waals surface area (Å²) >= 11 is 0. The molecule has 0 amide bonds. The van der Waals surface area contributed by atoms with Crippen LogP contribution < -0.4 is 0 Å². The molecule has 0 spiro atoms. The molecule has 68 valence electrons. The average Bonchev–Trinajstić information content (AvgIpc) is 1.84. The van der Waals surface area contributed by atoms with Gasteiger partial charge in [-0.25, -0.2) is 4.79 Å². The molecule has 0 aliphatic carbocycles. The van der Waals surface area contributed by atoms with Crippen molar-refractivity contribution in [3.8, 4) is 0 Å². The summed E-state index contributed by atoms with van der Waals surface area (Å²) in [4.78, 5) is 26.5. The highest BCUT2D eigenvalue weighted by molar-refractivity contribution is 7.55. The highest BCUT2D eigenvalue weighted by Gasteiger charge is 2.07. The van der Waals surface area contributed by atoms with Crippen LogP contribution in [0.25, 0.3) is 0 Å². The zero-order chi connectivity index (χ0) is 9.78. The third-order valence-corrected chi connectivity index (χ3v) is 1.21. The number of hydrogen-bond donors (Lipinski definition) is 3. The highest BCUT2D eigenvalue weighted by atomic mass is 31.2. The molecule has 0 saturated carbocycles. The molecule has 0 unspecified atom stereocenters. The number of rotatable bonds is 4. The smallest absolute Gasteiger partial charge is 0.371 e. The van der Waals surface area contributed by atoms with Crippen molar-refractivity contribution in [2.24, 2.45) is 0 Å². The van der Waals surface area contributed by atoms with Crippen LogP contribution in [0.5, 0.6) is 0 Å². The van der Waals surface area contributed by atoms with Crippen LogP contribution >= 0.6 is 7.60 Å². The Morgan fingerprint density at radius 3 is 2.33 bits per heavy atom. The number of hydrogen-bond acceptors (Lipinski definition) is 3. The van der Waals surface area contributed by atoms with Gasteiger partial charge in [0.25, 0.3) is 0 Å². The molecular formula is C5H7O6P. The lowest BCUT2D eigenvalue weighted by Crippen LogP contribution is -1.99. The molecule has 0 aromatic rings. The second-order valence-corrected chi connectivity index (χ2v) is 3.20. The normalized spacial score (nSPS) is 11.5. The number of aliphatic carboxylic acids is 1. The van der Waals surface area contributed by atoms with E-state index < -0.39 is 19.3 Å². The topological polar surface area (TPSA) is 104 Å². The fraction of sp³-hybridized carbons (Fsp3) is 0. The zero-order valence-electron chi connectivity index (χ0n) is 5.88. The molecule has 0 atom stereocenters. The molecule has 7 heteroatoms. The van der Waals surface area contributed by atoms with Gasteiger partial charge in [0.05, 0.1) is 12.1 Å². The van der Waals surface area contributed by atoms with E-state index in [4.69, 9.17) is 14.9 Å². The van der Waals surface area contributed by atoms with E-state index >= 15 is 0 Å². The van der Waals surface area contributed by atoms with Gasteiger partial charge in [-0.3, -0.25) is 4.57 Å². The number of carbonyl (C=O) groups is 1. The molecule has 3 N–H and O–H groups in total. The van der Waals surface area contributed by atoms with Crippen molar-refractivity contribution < 1.29 is 29.0 Å². The first kappa shape index (κ1) is 10.9. The summed E-state index contributed by atoms with van der Waals surface area (Å²) in [5, 5.41) is 8.16. The summed E-state index contributed by atoms with van der Waals surface area (Å²) in [5.74, 6) is -1.58. The maximum Gasteiger partial charge on any atom is 0.371 e. The Balaban J connectivity index is 4.01. The Morgan fingerprint density at radius 1 is 1.50 bits per heavy atom. The molecule has 0 aromatic carbocycles. The second kappa shape index (κ2) is 4.06. The minimum Gasteiger partial charge on any atom is -0.475 e. The van der Waals surface area contributed by atoms with E-state index in [2.05, 4.69) is 11.3 Å². The average molecular weight is 194 g/mol. The zero-order valence-corrected chi connectivity index (χ0v) is 6.77. The molecule has 0 fully saturated rings. The molecule has 0 bridgehead atoms. The summed E-state index contributed by atoms with van der Waals surface area (Å²) < 4.78 is 14.3. The summed E-state index contributed by atoms with van der Waals surface area (Å²) in [7, 11) is -4.29. The van der Waals surface area contributed by atoms with E-state index in [-0.39, 0.29) is 0 Å². The number of ether oxygens (including phenoxy) is 1. The van der Waals surface area contributed by atoms with Crippen LogP contribution in [0, 0.1) is 0 Å². The summed E-state index contributed by atoms with van der Waals surface area (Å²) in [6, 6.07) is 0. The van der Waals surface area contributed by atoms with Crippen LogP contribution in [0.1, 0.15) is 0 Å². The first-order chi connectivity index (χ1) is 5.33. The van der Waals surface area contributed by atoms with Crippen LogP contribution in [-0.4, -0.2) is 20.9 Å². The van der Waals surface area contributed by atoms with Crippen molar-refractivity contribution in [3.63, 3.8) is 0 Å². The van der Waals surface area contributed by atoms with Crippen molar-refractivity contribution in [2.45, 2.75) is 0 Å². The lowest BCUT2D eigenvalue weighted by atomic mass is 10.6. The second-order valence-electron chi connectivity index (χ2n) is 1.72. The van der Waals surface area contributed by atoms with E-state index in [9.17, 15) is 9.36 Å². The summed E-state index contributed by atoms with van der Waals surface area (Å²) in [6.07, 6.45) is 0.581. The van der Waals surface area contributed by atoms with E-state index in [0.29, 0.717) is 12.1 Å². The van der Waals surface area contributed by atoms with Gasteiger partial charge in [0, 0.05) is 0 Å². The van der Waals surface area contributed by atoms with Crippen molar-refractivity contribution in [1.29, 1.82) is 0 Å². The van der Waals surface area contributed by atoms with Crippen molar-refractivity contribution in [2.75, 3.05) is 0 Å². The quantitative estimate of drug-likeness (QED) is 0.336. The van der Waals surface area contributed by atoms with Gasteiger partial charge in [-0.2, -0.15) is 0 Å². The molecule has 0 heterocycles. The molecule has 0 aliphatic rings. The standard InChI is InChI=1S/C5H7O6P/c1-4(5(6)7)11-2-3-12(8,9)10/h2-3H,1H2,(H,6,7)(H2,8,9,10). The maximum atomic E-state index is 10.1. The molecule has 6 nitrogen and oxygen atoms in total. The Hall–Kier alpha value is -1.10. The van der Waals surface area contributed by atoms with Gasteiger partial charge >= 0.3 is 13.6 Å². The van der Waals surface area contributed by atoms with Crippen molar-refractivity contribution in [1.82, 2.24) is 0 Å². The Labute approximate surface area is 67.9 Å². The SMILES string of the molecule is C=C(OC=CP(=O)(O)O)C(=O)O.